The van der Waals surface area contributed by atoms with Gasteiger partial charge in [0.2, 0.25) is 0 Å². The van der Waals surface area contributed by atoms with E-state index in [4.69, 9.17) is 14.3 Å². The molecule has 3 aromatic rings. The fraction of sp³-hybridized carbons (Fsp3) is 0.355. The Kier molecular flexibility index (Phi) is 10.6. The van der Waals surface area contributed by atoms with E-state index in [1.165, 1.54) is 24.3 Å². The van der Waals surface area contributed by atoms with E-state index < -0.39 is 6.36 Å². The van der Waals surface area contributed by atoms with Crippen LogP contribution < -0.4 is 14.8 Å². The number of ether oxygens (including phenoxy) is 3. The van der Waals surface area contributed by atoms with Crippen molar-refractivity contribution in [2.45, 2.75) is 39.2 Å². The van der Waals surface area contributed by atoms with Gasteiger partial charge in [-0.3, -0.25) is 4.79 Å². The summed E-state index contributed by atoms with van der Waals surface area (Å²) >= 11 is 0. The van der Waals surface area contributed by atoms with Crippen LogP contribution in [0, 0.1) is 12.8 Å². The number of alkyl halides is 3. The van der Waals surface area contributed by atoms with Crippen molar-refractivity contribution in [2.75, 3.05) is 26.4 Å². The molecule has 0 radical (unpaired) electrons. The Bertz CT molecular complexity index is 1290. The Morgan fingerprint density at radius 3 is 2.41 bits per heavy atom. The number of rotatable bonds is 12. The van der Waals surface area contributed by atoms with Crippen LogP contribution in [-0.4, -0.2) is 44.3 Å². The lowest BCUT2D eigenvalue weighted by molar-refractivity contribution is -0.274. The number of aryl methyl sites for hydroxylation is 1. The average molecular weight is 571 g/mol. The van der Waals surface area contributed by atoms with Gasteiger partial charge in [0.05, 0.1) is 5.71 Å². The Morgan fingerprint density at radius 1 is 1.00 bits per heavy atom. The molecule has 0 aliphatic carbocycles. The van der Waals surface area contributed by atoms with Crippen LogP contribution in [-0.2, 0) is 27.4 Å². The normalized spacial score (nSPS) is 14.4. The van der Waals surface area contributed by atoms with E-state index in [2.05, 4.69) is 15.2 Å². The van der Waals surface area contributed by atoms with Crippen molar-refractivity contribution in [3.63, 3.8) is 0 Å². The van der Waals surface area contributed by atoms with Gasteiger partial charge in [-0.15, -0.1) is 13.2 Å². The van der Waals surface area contributed by atoms with Gasteiger partial charge in [0.25, 0.3) is 5.91 Å². The van der Waals surface area contributed by atoms with Crippen LogP contribution in [0.15, 0.2) is 78.0 Å². The maximum absolute atomic E-state index is 12.4. The van der Waals surface area contributed by atoms with Gasteiger partial charge >= 0.3 is 6.36 Å². The van der Waals surface area contributed by atoms with E-state index in [1.807, 2.05) is 49.4 Å². The smallest absolute Gasteiger partial charge is 0.484 e. The minimum atomic E-state index is -4.75. The number of carbonyl (C=O) groups excluding carboxylic acids is 1. The van der Waals surface area contributed by atoms with Crippen molar-refractivity contribution in [1.29, 1.82) is 0 Å². The number of halogens is 3. The molecule has 1 amide bonds. The highest BCUT2D eigenvalue weighted by atomic mass is 19.4. The summed E-state index contributed by atoms with van der Waals surface area (Å²) in [6.07, 6.45) is -2.36. The predicted octanol–water partition coefficient (Wildman–Crippen LogP) is 5.98. The number of nitrogens with one attached hydrogen (secondary N) is 1. The fourth-order valence-electron chi connectivity index (χ4n) is 4.34. The number of carbonyl (C=O) groups is 1. The Labute approximate surface area is 237 Å². The van der Waals surface area contributed by atoms with Crippen molar-refractivity contribution in [1.82, 2.24) is 5.32 Å². The summed E-state index contributed by atoms with van der Waals surface area (Å²) in [5.74, 6) is 0.555. The van der Waals surface area contributed by atoms with Crippen LogP contribution in [0.2, 0.25) is 0 Å². The third kappa shape index (κ3) is 10.1. The molecule has 0 unspecified atom stereocenters. The van der Waals surface area contributed by atoms with Crippen LogP contribution >= 0.6 is 0 Å². The lowest BCUT2D eigenvalue weighted by atomic mass is 10.0. The van der Waals surface area contributed by atoms with Gasteiger partial charge in [-0.25, -0.2) is 0 Å². The molecule has 1 N–H and O–H groups in total. The zero-order valence-electron chi connectivity index (χ0n) is 22.8. The maximum atomic E-state index is 12.4. The molecule has 0 aromatic heterocycles. The summed E-state index contributed by atoms with van der Waals surface area (Å²) in [5.41, 5.74) is 3.98. The second kappa shape index (κ2) is 14.5. The molecule has 3 aromatic carbocycles. The second-order valence-corrected chi connectivity index (χ2v) is 9.79. The van der Waals surface area contributed by atoms with E-state index in [1.54, 1.807) is 6.07 Å². The number of hydrogen-bond donors (Lipinski definition) is 1. The largest absolute Gasteiger partial charge is 0.573 e. The standard InChI is InChI=1S/C31H33F3N2O5/c1-22-17-26(9-12-29(22)39-21-30(37)35-19-24-13-15-38-16-14-24)28(18-23-5-3-2-4-6-23)36-40-20-25-7-10-27(11-8-25)41-31(32,33)34/h2-12,17,24H,13-16,18-21H2,1H3,(H,35,37). The van der Waals surface area contributed by atoms with Gasteiger partial charge in [0, 0.05) is 31.7 Å². The Morgan fingerprint density at radius 2 is 1.73 bits per heavy atom. The van der Waals surface area contributed by atoms with Crippen molar-refractivity contribution in [3.8, 4) is 11.5 Å². The van der Waals surface area contributed by atoms with Crippen LogP contribution in [0.5, 0.6) is 11.5 Å². The molecule has 218 valence electrons. The van der Waals surface area contributed by atoms with Crippen molar-refractivity contribution in [3.05, 3.63) is 95.1 Å². The molecule has 0 bridgehead atoms. The van der Waals surface area contributed by atoms with Crippen LogP contribution in [0.3, 0.4) is 0 Å². The molecule has 4 rings (SSSR count). The van der Waals surface area contributed by atoms with Crippen molar-refractivity contribution in [2.24, 2.45) is 11.1 Å². The van der Waals surface area contributed by atoms with Gasteiger partial charge in [0.15, 0.2) is 6.61 Å². The zero-order chi connectivity index (χ0) is 29.1. The molecule has 1 heterocycles. The highest BCUT2D eigenvalue weighted by Gasteiger charge is 2.31. The van der Waals surface area contributed by atoms with Crippen LogP contribution in [0.4, 0.5) is 13.2 Å². The highest BCUT2D eigenvalue weighted by Crippen LogP contribution is 2.24. The summed E-state index contributed by atoms with van der Waals surface area (Å²) in [6.45, 7) is 3.96. The minimum Gasteiger partial charge on any atom is -0.484 e. The van der Waals surface area contributed by atoms with Crippen LogP contribution in [0.25, 0.3) is 0 Å². The van der Waals surface area contributed by atoms with Gasteiger partial charge in [-0.1, -0.05) is 47.6 Å². The first-order chi connectivity index (χ1) is 19.7. The molecule has 1 fully saturated rings. The van der Waals surface area contributed by atoms with E-state index in [9.17, 15) is 18.0 Å². The monoisotopic (exact) mass is 570 g/mol. The predicted molar refractivity (Wildman–Crippen MR) is 148 cm³/mol. The maximum Gasteiger partial charge on any atom is 0.573 e. The summed E-state index contributed by atoms with van der Waals surface area (Å²) in [6, 6.07) is 20.8. The first-order valence-electron chi connectivity index (χ1n) is 13.4. The van der Waals surface area contributed by atoms with Crippen molar-refractivity contribution < 1.29 is 37.0 Å². The molecule has 1 aliphatic rings. The molecule has 0 saturated carbocycles. The highest BCUT2D eigenvalue weighted by molar-refractivity contribution is 6.01. The van der Waals surface area contributed by atoms with Gasteiger partial charge in [-0.2, -0.15) is 0 Å². The molecule has 7 nitrogen and oxygen atoms in total. The molecular formula is C31H33F3N2O5. The molecule has 0 atom stereocenters. The van der Waals surface area contributed by atoms with E-state index >= 15 is 0 Å². The molecule has 1 aliphatic heterocycles. The third-order valence-corrected chi connectivity index (χ3v) is 6.57. The van der Waals surface area contributed by atoms with Crippen molar-refractivity contribution >= 4 is 11.6 Å². The number of oxime groups is 1. The molecule has 41 heavy (non-hydrogen) atoms. The summed E-state index contributed by atoms with van der Waals surface area (Å²) in [4.78, 5) is 17.9. The fourth-order valence-corrected chi connectivity index (χ4v) is 4.34. The van der Waals surface area contributed by atoms with E-state index in [0.29, 0.717) is 35.9 Å². The lowest BCUT2D eigenvalue weighted by Gasteiger charge is -2.22. The number of amides is 1. The second-order valence-electron chi connectivity index (χ2n) is 9.79. The Balaban J connectivity index is 1.38. The molecule has 0 spiro atoms. The Hall–Kier alpha value is -4.05. The topological polar surface area (TPSA) is 78.4 Å². The van der Waals surface area contributed by atoms with Gasteiger partial charge in [-0.05, 0) is 72.7 Å². The average Bonchev–Trinajstić information content (AvgIpc) is 2.96. The number of nitrogens with zero attached hydrogens (tertiary/aromatic N) is 1. The third-order valence-electron chi connectivity index (χ3n) is 6.57. The van der Waals surface area contributed by atoms with E-state index in [0.717, 1.165) is 42.7 Å². The quantitative estimate of drug-likeness (QED) is 0.214. The first-order valence-corrected chi connectivity index (χ1v) is 13.4. The SMILES string of the molecule is Cc1cc(C(Cc2ccccc2)=NOCc2ccc(OC(F)(F)F)cc2)ccc1OCC(=O)NCC1CCOCC1. The minimum absolute atomic E-state index is 0.0633. The molecule has 10 heteroatoms. The lowest BCUT2D eigenvalue weighted by Crippen LogP contribution is -2.35. The van der Waals surface area contributed by atoms with Gasteiger partial charge in [0.1, 0.15) is 18.1 Å². The first kappa shape index (κ1) is 29.9. The number of benzene rings is 3. The zero-order valence-corrected chi connectivity index (χ0v) is 22.8. The van der Waals surface area contributed by atoms with Crippen LogP contribution in [0.1, 0.15) is 35.1 Å². The molecular weight excluding hydrogens is 537 g/mol. The number of hydrogen-bond acceptors (Lipinski definition) is 6. The summed E-state index contributed by atoms with van der Waals surface area (Å²) in [5, 5.41) is 7.31. The molecule has 1 saturated heterocycles. The van der Waals surface area contributed by atoms with E-state index in [-0.39, 0.29) is 24.9 Å². The van der Waals surface area contributed by atoms with Gasteiger partial charge < -0.3 is 24.4 Å². The summed E-state index contributed by atoms with van der Waals surface area (Å²) in [7, 11) is 0. The summed E-state index contributed by atoms with van der Waals surface area (Å²) < 4.78 is 52.3.